The third kappa shape index (κ3) is 4.55. The van der Waals surface area contributed by atoms with Crippen LogP contribution < -0.4 is 11.3 Å². The van der Waals surface area contributed by atoms with Crippen molar-refractivity contribution in [2.24, 2.45) is 12.9 Å². The van der Waals surface area contributed by atoms with E-state index in [-0.39, 0.29) is 0 Å². The van der Waals surface area contributed by atoms with E-state index in [1.54, 1.807) is 0 Å². The van der Waals surface area contributed by atoms with Crippen LogP contribution in [0.4, 0.5) is 0 Å². The number of nitrogens with zero attached hydrogens (tertiary/aromatic N) is 2. The summed E-state index contributed by atoms with van der Waals surface area (Å²) in [7, 11) is 2.03. The van der Waals surface area contributed by atoms with E-state index in [1.165, 1.54) is 12.2 Å². The largest absolute Gasteiger partial charge is 0.338 e. The lowest BCUT2D eigenvalue weighted by Crippen LogP contribution is -2.37. The monoisotopic (exact) mass is 242 g/mol. The Kier molecular flexibility index (Phi) is 6.52. The van der Waals surface area contributed by atoms with Crippen molar-refractivity contribution in [2.45, 2.75) is 32.2 Å². The van der Waals surface area contributed by atoms with Crippen molar-refractivity contribution in [3.05, 3.63) is 18.2 Å². The van der Waals surface area contributed by atoms with Crippen LogP contribution in [0.15, 0.2) is 12.4 Å². The van der Waals surface area contributed by atoms with Gasteiger partial charge in [-0.25, -0.2) is 4.98 Å². The first-order valence-electron chi connectivity index (χ1n) is 5.78. The first-order chi connectivity index (χ1) is 7.77. The van der Waals surface area contributed by atoms with Crippen LogP contribution in [0.25, 0.3) is 0 Å². The van der Waals surface area contributed by atoms with Gasteiger partial charge in [-0.1, -0.05) is 6.92 Å². The van der Waals surface area contributed by atoms with Crippen LogP contribution in [0.3, 0.4) is 0 Å². The molecule has 5 heteroatoms. The SMILES string of the molecule is CCCSCC(CCc1nccn1C)NN. The minimum Gasteiger partial charge on any atom is -0.338 e. The molecular weight excluding hydrogens is 220 g/mol. The van der Waals surface area contributed by atoms with Crippen LogP contribution in [0.1, 0.15) is 25.6 Å². The molecular formula is C11H22N4S. The van der Waals surface area contributed by atoms with E-state index in [1.807, 2.05) is 31.2 Å². The normalized spacial score (nSPS) is 12.9. The summed E-state index contributed by atoms with van der Waals surface area (Å²) in [4.78, 5) is 4.31. The molecule has 0 aliphatic rings. The van der Waals surface area contributed by atoms with Gasteiger partial charge in [0, 0.05) is 37.7 Å². The number of hydrazine groups is 1. The summed E-state index contributed by atoms with van der Waals surface area (Å²) in [6.45, 7) is 2.20. The molecule has 0 aromatic carbocycles. The molecule has 1 unspecified atom stereocenters. The van der Waals surface area contributed by atoms with Gasteiger partial charge in [-0.2, -0.15) is 11.8 Å². The zero-order chi connectivity index (χ0) is 11.8. The molecule has 1 atom stereocenters. The highest BCUT2D eigenvalue weighted by Gasteiger charge is 2.08. The van der Waals surface area contributed by atoms with E-state index in [2.05, 4.69) is 21.9 Å². The second-order valence-electron chi connectivity index (χ2n) is 3.93. The summed E-state index contributed by atoms with van der Waals surface area (Å²) >= 11 is 1.96. The molecule has 92 valence electrons. The van der Waals surface area contributed by atoms with Crippen molar-refractivity contribution in [3.8, 4) is 0 Å². The lowest BCUT2D eigenvalue weighted by molar-refractivity contribution is 0.528. The second kappa shape index (κ2) is 7.70. The van der Waals surface area contributed by atoms with Crippen LogP contribution in [0.2, 0.25) is 0 Å². The van der Waals surface area contributed by atoms with Gasteiger partial charge in [0.1, 0.15) is 5.82 Å². The molecule has 0 aliphatic heterocycles. The second-order valence-corrected chi connectivity index (χ2v) is 5.08. The number of hydrogen-bond acceptors (Lipinski definition) is 4. The Morgan fingerprint density at radius 1 is 1.62 bits per heavy atom. The molecule has 1 aromatic rings. The van der Waals surface area contributed by atoms with Crippen molar-refractivity contribution >= 4 is 11.8 Å². The van der Waals surface area contributed by atoms with E-state index in [4.69, 9.17) is 5.84 Å². The van der Waals surface area contributed by atoms with Gasteiger partial charge < -0.3 is 4.57 Å². The smallest absolute Gasteiger partial charge is 0.108 e. The van der Waals surface area contributed by atoms with Crippen LogP contribution in [-0.4, -0.2) is 27.1 Å². The Hall–Kier alpha value is -0.520. The van der Waals surface area contributed by atoms with E-state index in [0.717, 1.165) is 24.4 Å². The Morgan fingerprint density at radius 2 is 2.44 bits per heavy atom. The van der Waals surface area contributed by atoms with Crippen molar-refractivity contribution in [1.29, 1.82) is 0 Å². The zero-order valence-corrected chi connectivity index (χ0v) is 11.0. The number of thioether (sulfide) groups is 1. The molecule has 1 heterocycles. The van der Waals surface area contributed by atoms with E-state index < -0.39 is 0 Å². The fraction of sp³-hybridized carbons (Fsp3) is 0.727. The molecule has 0 amide bonds. The predicted molar refractivity (Wildman–Crippen MR) is 70.3 cm³/mol. The van der Waals surface area contributed by atoms with Gasteiger partial charge in [0.15, 0.2) is 0 Å². The number of nitrogens with two attached hydrogens (primary N) is 1. The molecule has 0 radical (unpaired) electrons. The molecule has 0 saturated carbocycles. The average molecular weight is 242 g/mol. The van der Waals surface area contributed by atoms with Gasteiger partial charge in [-0.15, -0.1) is 0 Å². The average Bonchev–Trinajstić information content (AvgIpc) is 2.69. The molecule has 1 rings (SSSR count). The van der Waals surface area contributed by atoms with Crippen LogP contribution in [0.5, 0.6) is 0 Å². The van der Waals surface area contributed by atoms with Gasteiger partial charge >= 0.3 is 0 Å². The quantitative estimate of drug-likeness (QED) is 0.410. The maximum absolute atomic E-state index is 5.54. The molecule has 0 bridgehead atoms. The van der Waals surface area contributed by atoms with Gasteiger partial charge in [-0.3, -0.25) is 11.3 Å². The molecule has 1 aromatic heterocycles. The Balaban J connectivity index is 2.26. The van der Waals surface area contributed by atoms with Crippen molar-refractivity contribution in [1.82, 2.24) is 15.0 Å². The number of nitrogens with one attached hydrogen (secondary N) is 1. The highest BCUT2D eigenvalue weighted by atomic mass is 32.2. The summed E-state index contributed by atoms with van der Waals surface area (Å²) in [5, 5.41) is 0. The van der Waals surface area contributed by atoms with E-state index in [9.17, 15) is 0 Å². The lowest BCUT2D eigenvalue weighted by Gasteiger charge is -2.14. The zero-order valence-electron chi connectivity index (χ0n) is 10.1. The number of rotatable bonds is 8. The third-order valence-corrected chi connectivity index (χ3v) is 3.88. The lowest BCUT2D eigenvalue weighted by atomic mass is 10.2. The van der Waals surface area contributed by atoms with Crippen LogP contribution in [-0.2, 0) is 13.5 Å². The fourth-order valence-corrected chi connectivity index (χ4v) is 2.53. The molecule has 0 fully saturated rings. The fourth-order valence-electron chi connectivity index (χ4n) is 1.53. The van der Waals surface area contributed by atoms with Gasteiger partial charge in [0.2, 0.25) is 0 Å². The Labute approximate surface area is 102 Å². The maximum atomic E-state index is 5.54. The first-order valence-corrected chi connectivity index (χ1v) is 6.93. The van der Waals surface area contributed by atoms with E-state index >= 15 is 0 Å². The van der Waals surface area contributed by atoms with Gasteiger partial charge in [-0.05, 0) is 18.6 Å². The summed E-state index contributed by atoms with van der Waals surface area (Å²) < 4.78 is 2.06. The van der Waals surface area contributed by atoms with Gasteiger partial charge in [0.05, 0.1) is 0 Å². The van der Waals surface area contributed by atoms with Crippen LogP contribution >= 0.6 is 11.8 Å². The number of aryl methyl sites for hydroxylation is 2. The van der Waals surface area contributed by atoms with Crippen molar-refractivity contribution in [2.75, 3.05) is 11.5 Å². The van der Waals surface area contributed by atoms with Crippen LogP contribution in [0, 0.1) is 0 Å². The van der Waals surface area contributed by atoms with E-state index in [0.29, 0.717) is 6.04 Å². The molecule has 0 spiro atoms. The minimum absolute atomic E-state index is 0.383. The van der Waals surface area contributed by atoms with Crippen molar-refractivity contribution < 1.29 is 0 Å². The summed E-state index contributed by atoms with van der Waals surface area (Å²) in [5.74, 6) is 8.95. The topological polar surface area (TPSA) is 55.9 Å². The number of hydrogen-bond donors (Lipinski definition) is 2. The number of imidazole rings is 1. The summed E-state index contributed by atoms with van der Waals surface area (Å²) in [6.07, 6.45) is 7.06. The standard InChI is InChI=1S/C11H22N4S/c1-3-8-16-9-10(14-12)4-5-11-13-6-7-15(11)2/h6-7,10,14H,3-5,8-9,12H2,1-2H3. The minimum atomic E-state index is 0.383. The Bertz CT molecular complexity index is 287. The van der Waals surface area contributed by atoms with Gasteiger partial charge in [0.25, 0.3) is 0 Å². The molecule has 3 N–H and O–H groups in total. The predicted octanol–water partition coefficient (Wildman–Crippen LogP) is 1.33. The highest BCUT2D eigenvalue weighted by Crippen LogP contribution is 2.09. The first kappa shape index (κ1) is 13.5. The summed E-state index contributed by atoms with van der Waals surface area (Å²) in [6, 6.07) is 0.383. The summed E-state index contributed by atoms with van der Waals surface area (Å²) in [5.41, 5.74) is 2.88. The molecule has 0 saturated heterocycles. The third-order valence-electron chi connectivity index (χ3n) is 2.54. The number of aromatic nitrogens is 2. The molecule has 4 nitrogen and oxygen atoms in total. The van der Waals surface area contributed by atoms with Crippen molar-refractivity contribution in [3.63, 3.8) is 0 Å². The highest BCUT2D eigenvalue weighted by molar-refractivity contribution is 7.99. The maximum Gasteiger partial charge on any atom is 0.108 e. The molecule has 0 aliphatic carbocycles. The Morgan fingerprint density at radius 3 is 3.00 bits per heavy atom. The molecule has 16 heavy (non-hydrogen) atoms.